The number of rotatable bonds is 4. The third kappa shape index (κ3) is 3.43. The molecule has 1 aliphatic carbocycles. The summed E-state index contributed by atoms with van der Waals surface area (Å²) < 4.78 is 61.3. The van der Waals surface area contributed by atoms with Gasteiger partial charge in [0, 0.05) is 35.1 Å². The molecule has 1 unspecified atom stereocenters. The van der Waals surface area contributed by atoms with E-state index in [4.69, 9.17) is 0 Å². The summed E-state index contributed by atoms with van der Waals surface area (Å²) >= 11 is 0. The fourth-order valence-electron chi connectivity index (χ4n) is 4.66. The quantitative estimate of drug-likeness (QED) is 0.359. The number of hydrogen-bond donors (Lipinski definition) is 0. The molecule has 0 spiro atoms. The summed E-state index contributed by atoms with van der Waals surface area (Å²) in [6.45, 7) is 0. The molecule has 1 atom stereocenters. The average Bonchev–Trinajstić information content (AvgIpc) is 3.52. The van der Waals surface area contributed by atoms with Crippen LogP contribution in [0, 0.1) is 23.3 Å². The molecule has 2 heterocycles. The molecule has 1 amide bonds. The van der Waals surface area contributed by atoms with E-state index in [-0.39, 0.29) is 40.1 Å². The number of fused-ring (bicyclic) bond motifs is 3. The van der Waals surface area contributed by atoms with Crippen molar-refractivity contribution in [2.45, 2.75) is 12.3 Å². The number of allylic oxidation sites excluding steroid dienone is 1. The second-order valence-electron chi connectivity index (χ2n) is 8.47. The molecule has 3 aromatic carbocycles. The molecule has 2 aliphatic rings. The minimum atomic E-state index is -0.859. The van der Waals surface area contributed by atoms with Crippen molar-refractivity contribution in [3.8, 4) is 5.69 Å². The first-order valence-corrected chi connectivity index (χ1v) is 11.1. The smallest absolute Gasteiger partial charge is 0.280 e. The second kappa shape index (κ2) is 8.30. The van der Waals surface area contributed by atoms with Gasteiger partial charge in [0.15, 0.2) is 0 Å². The van der Waals surface area contributed by atoms with Gasteiger partial charge < -0.3 is 4.57 Å². The van der Waals surface area contributed by atoms with Crippen LogP contribution in [0.1, 0.15) is 22.6 Å². The molecule has 0 N–H and O–H groups in total. The van der Waals surface area contributed by atoms with E-state index < -0.39 is 35.1 Å². The van der Waals surface area contributed by atoms with E-state index in [2.05, 4.69) is 10.1 Å². The highest BCUT2D eigenvalue weighted by molar-refractivity contribution is 6.36. The van der Waals surface area contributed by atoms with Crippen LogP contribution in [-0.2, 0) is 11.2 Å². The third-order valence-electron chi connectivity index (χ3n) is 6.35. The maximum absolute atomic E-state index is 15.1. The number of carbonyl (C=O) groups excluding carboxylic acids is 1. The zero-order chi connectivity index (χ0) is 25.0. The predicted molar refractivity (Wildman–Crippen MR) is 125 cm³/mol. The van der Waals surface area contributed by atoms with Gasteiger partial charge in [-0.15, -0.1) is 0 Å². The number of imidazole rings is 1. The van der Waals surface area contributed by atoms with Crippen molar-refractivity contribution >= 4 is 17.3 Å². The zero-order valence-corrected chi connectivity index (χ0v) is 18.5. The van der Waals surface area contributed by atoms with Crippen LogP contribution in [0.2, 0.25) is 0 Å². The Morgan fingerprint density at radius 1 is 0.889 bits per heavy atom. The molecule has 0 radical (unpaired) electrons. The summed E-state index contributed by atoms with van der Waals surface area (Å²) in [6.07, 6.45) is 6.18. The van der Waals surface area contributed by atoms with Gasteiger partial charge in [0.1, 0.15) is 34.7 Å². The minimum Gasteiger partial charge on any atom is -0.306 e. The van der Waals surface area contributed by atoms with E-state index in [9.17, 15) is 9.18 Å². The summed E-state index contributed by atoms with van der Waals surface area (Å²) in [5.74, 6) is -4.25. The number of hydrazone groups is 1. The van der Waals surface area contributed by atoms with Crippen LogP contribution in [0.4, 0.5) is 23.2 Å². The fourth-order valence-corrected chi connectivity index (χ4v) is 4.66. The summed E-state index contributed by atoms with van der Waals surface area (Å²) in [5.41, 5.74) is 0.416. The largest absolute Gasteiger partial charge is 0.306 e. The van der Waals surface area contributed by atoms with Crippen molar-refractivity contribution in [3.05, 3.63) is 125 Å². The Labute approximate surface area is 202 Å². The van der Waals surface area contributed by atoms with Crippen molar-refractivity contribution in [1.29, 1.82) is 0 Å². The molecule has 0 fully saturated rings. The highest BCUT2D eigenvalue weighted by Crippen LogP contribution is 2.40. The predicted octanol–water partition coefficient (Wildman–Crippen LogP) is 5.45. The molecule has 0 bridgehead atoms. The molecule has 0 saturated carbocycles. The van der Waals surface area contributed by atoms with Gasteiger partial charge in [-0.1, -0.05) is 24.3 Å². The zero-order valence-electron chi connectivity index (χ0n) is 18.5. The number of aromatic nitrogens is 2. The standard InChI is InChI=1S/C27H16F4N4O/c28-19-3-1-2-4-23(19)35-27(36)18-12-16(24-20(29)7-8-21(30)25(24)26(18)33-35)11-15-5-6-17(13-22(15)31)34-10-9-32-14-34/h1-10,12-14,16H,11H2. The van der Waals surface area contributed by atoms with Gasteiger partial charge in [0.25, 0.3) is 5.91 Å². The lowest BCUT2D eigenvalue weighted by atomic mass is 9.79. The van der Waals surface area contributed by atoms with E-state index >= 15 is 13.2 Å². The third-order valence-corrected chi connectivity index (χ3v) is 6.35. The summed E-state index contributed by atoms with van der Waals surface area (Å²) in [7, 11) is 0. The van der Waals surface area contributed by atoms with Gasteiger partial charge in [0.2, 0.25) is 0 Å². The van der Waals surface area contributed by atoms with Gasteiger partial charge in [-0.05, 0) is 48.4 Å². The molecule has 6 rings (SSSR count). The Hall–Kier alpha value is -4.53. The molecule has 5 nitrogen and oxygen atoms in total. The number of benzene rings is 3. The maximum Gasteiger partial charge on any atom is 0.280 e. The Kier molecular flexibility index (Phi) is 5.06. The van der Waals surface area contributed by atoms with Crippen LogP contribution in [0.25, 0.3) is 5.69 Å². The number of amides is 1. The molecular weight excluding hydrogens is 472 g/mol. The van der Waals surface area contributed by atoms with Crippen LogP contribution < -0.4 is 5.01 Å². The summed E-state index contributed by atoms with van der Waals surface area (Å²) in [4.78, 5) is 17.2. The van der Waals surface area contributed by atoms with Crippen LogP contribution >= 0.6 is 0 Å². The Morgan fingerprint density at radius 2 is 1.69 bits per heavy atom. The Bertz CT molecular complexity index is 1590. The highest BCUT2D eigenvalue weighted by atomic mass is 19.1. The normalized spacial score (nSPS) is 16.5. The van der Waals surface area contributed by atoms with Crippen LogP contribution in [0.3, 0.4) is 0 Å². The van der Waals surface area contributed by atoms with E-state index in [1.807, 2.05) is 0 Å². The molecule has 1 aromatic heterocycles. The summed E-state index contributed by atoms with van der Waals surface area (Å²) in [6, 6.07) is 12.1. The number of para-hydroxylation sites is 1. The molecule has 4 aromatic rings. The van der Waals surface area contributed by atoms with Gasteiger partial charge in [-0.2, -0.15) is 10.1 Å². The van der Waals surface area contributed by atoms with Gasteiger partial charge in [0.05, 0.1) is 11.9 Å². The van der Waals surface area contributed by atoms with Crippen LogP contribution in [0.5, 0.6) is 0 Å². The number of anilines is 1. The lowest BCUT2D eigenvalue weighted by Crippen LogP contribution is -2.25. The van der Waals surface area contributed by atoms with Crippen molar-refractivity contribution in [3.63, 3.8) is 0 Å². The number of hydrogen-bond acceptors (Lipinski definition) is 3. The molecule has 36 heavy (non-hydrogen) atoms. The Morgan fingerprint density at radius 3 is 2.44 bits per heavy atom. The number of carbonyl (C=O) groups is 1. The van der Waals surface area contributed by atoms with E-state index in [0.29, 0.717) is 5.69 Å². The first-order valence-electron chi connectivity index (χ1n) is 11.1. The first kappa shape index (κ1) is 22.0. The monoisotopic (exact) mass is 488 g/mol. The van der Waals surface area contributed by atoms with Crippen molar-refractivity contribution in [1.82, 2.24) is 9.55 Å². The van der Waals surface area contributed by atoms with Crippen molar-refractivity contribution in [2.75, 3.05) is 5.01 Å². The molecular formula is C27H16F4N4O. The van der Waals surface area contributed by atoms with E-state index in [0.717, 1.165) is 17.1 Å². The second-order valence-corrected chi connectivity index (χ2v) is 8.47. The van der Waals surface area contributed by atoms with Crippen molar-refractivity contribution in [2.24, 2.45) is 5.10 Å². The lowest BCUT2D eigenvalue weighted by Gasteiger charge is -2.24. The number of halogens is 4. The summed E-state index contributed by atoms with van der Waals surface area (Å²) in [5, 5.41) is 5.01. The maximum atomic E-state index is 15.1. The topological polar surface area (TPSA) is 50.5 Å². The van der Waals surface area contributed by atoms with E-state index in [1.165, 1.54) is 42.7 Å². The van der Waals surface area contributed by atoms with Crippen LogP contribution in [-0.4, -0.2) is 21.2 Å². The molecule has 0 saturated heterocycles. The molecule has 9 heteroatoms. The average molecular weight is 488 g/mol. The van der Waals surface area contributed by atoms with Crippen molar-refractivity contribution < 1.29 is 22.4 Å². The highest BCUT2D eigenvalue weighted by Gasteiger charge is 2.41. The molecule has 178 valence electrons. The SMILES string of the molecule is O=C1C2=CC(Cc3ccc(-n4ccnc4)cc3F)c3c(F)ccc(F)c3C2=NN1c1ccccc1F. The Balaban J connectivity index is 1.44. The van der Waals surface area contributed by atoms with Gasteiger partial charge in [-0.25, -0.2) is 22.5 Å². The number of nitrogens with zero attached hydrogens (tertiary/aromatic N) is 4. The van der Waals surface area contributed by atoms with Gasteiger partial charge in [-0.3, -0.25) is 4.79 Å². The van der Waals surface area contributed by atoms with E-state index in [1.54, 1.807) is 29.1 Å². The van der Waals surface area contributed by atoms with Crippen LogP contribution in [0.15, 0.2) is 90.1 Å². The van der Waals surface area contributed by atoms with Gasteiger partial charge >= 0.3 is 0 Å². The molecule has 1 aliphatic heterocycles. The first-order chi connectivity index (χ1) is 17.4. The lowest BCUT2D eigenvalue weighted by molar-refractivity contribution is -0.114. The fraction of sp³-hybridized carbons (Fsp3) is 0.0741. The minimum absolute atomic E-state index is 0.00990.